The first-order valence-corrected chi connectivity index (χ1v) is 8.95. The summed E-state index contributed by atoms with van der Waals surface area (Å²) in [7, 11) is 0. The highest BCUT2D eigenvalue weighted by atomic mass is 16.6. The number of carboxylic acids is 1. The van der Waals surface area contributed by atoms with E-state index < -0.39 is 11.9 Å². The Morgan fingerprint density at radius 3 is 2.72 bits per heavy atom. The zero-order chi connectivity index (χ0) is 20.4. The van der Waals surface area contributed by atoms with E-state index in [2.05, 4.69) is 15.6 Å². The lowest BCUT2D eigenvalue weighted by molar-refractivity contribution is 0.0696. The molecule has 9 nitrogen and oxygen atoms in total. The number of fused-ring (bicyclic) bond motifs is 1. The van der Waals surface area contributed by atoms with Crippen LogP contribution in [0.3, 0.4) is 0 Å². The van der Waals surface area contributed by atoms with Crippen molar-refractivity contribution in [3.63, 3.8) is 0 Å². The van der Waals surface area contributed by atoms with Crippen molar-refractivity contribution >= 4 is 11.9 Å². The Kier molecular flexibility index (Phi) is 4.86. The second-order valence-corrected chi connectivity index (χ2v) is 6.45. The van der Waals surface area contributed by atoms with E-state index in [1.807, 2.05) is 6.07 Å². The van der Waals surface area contributed by atoms with Crippen molar-refractivity contribution in [2.24, 2.45) is 0 Å². The molecule has 2 aromatic carbocycles. The molecule has 0 aliphatic carbocycles. The number of carboxylic acid groups (broad SMARTS) is 1. The van der Waals surface area contributed by atoms with Crippen LogP contribution >= 0.6 is 0 Å². The minimum Gasteiger partial charge on any atom is -0.486 e. The number of carbonyl (C=O) groups excluding carboxylic acids is 1. The second-order valence-electron chi connectivity index (χ2n) is 6.45. The fourth-order valence-electron chi connectivity index (χ4n) is 3.03. The van der Waals surface area contributed by atoms with Crippen molar-refractivity contribution in [3.8, 4) is 17.2 Å². The molecule has 0 saturated heterocycles. The molecule has 2 N–H and O–H groups in total. The monoisotopic (exact) mass is 394 g/mol. The summed E-state index contributed by atoms with van der Waals surface area (Å²) >= 11 is 0. The highest BCUT2D eigenvalue weighted by Gasteiger charge is 2.19. The van der Waals surface area contributed by atoms with Crippen LogP contribution < -0.4 is 14.8 Å². The van der Waals surface area contributed by atoms with Crippen molar-refractivity contribution in [2.75, 3.05) is 13.2 Å². The molecule has 0 bridgehead atoms. The van der Waals surface area contributed by atoms with Gasteiger partial charge in [0.2, 0.25) is 0 Å². The van der Waals surface area contributed by atoms with Gasteiger partial charge < -0.3 is 19.9 Å². The Labute approximate surface area is 165 Å². The van der Waals surface area contributed by atoms with E-state index >= 15 is 0 Å². The summed E-state index contributed by atoms with van der Waals surface area (Å²) in [6.07, 6.45) is 0. The number of hydrogen-bond donors (Lipinski definition) is 2. The van der Waals surface area contributed by atoms with Gasteiger partial charge in [0.05, 0.1) is 16.9 Å². The lowest BCUT2D eigenvalue weighted by Crippen LogP contribution is -2.24. The normalized spacial score (nSPS) is 12.4. The van der Waals surface area contributed by atoms with Crippen LogP contribution in [-0.2, 0) is 6.54 Å². The van der Waals surface area contributed by atoms with Crippen LogP contribution in [-0.4, -0.2) is 45.2 Å². The smallest absolute Gasteiger partial charge is 0.335 e. The fourth-order valence-corrected chi connectivity index (χ4v) is 3.03. The Hall–Kier alpha value is -3.88. The van der Waals surface area contributed by atoms with Gasteiger partial charge in [0, 0.05) is 12.6 Å². The Balaban J connectivity index is 1.50. The molecule has 0 saturated carbocycles. The molecule has 0 radical (unpaired) electrons. The van der Waals surface area contributed by atoms with Gasteiger partial charge >= 0.3 is 5.97 Å². The van der Waals surface area contributed by atoms with Gasteiger partial charge in [-0.15, -0.1) is 5.10 Å². The van der Waals surface area contributed by atoms with E-state index in [9.17, 15) is 9.59 Å². The van der Waals surface area contributed by atoms with Crippen molar-refractivity contribution in [1.29, 1.82) is 0 Å². The van der Waals surface area contributed by atoms with Crippen LogP contribution in [0.15, 0.2) is 42.5 Å². The van der Waals surface area contributed by atoms with E-state index in [1.54, 1.807) is 35.9 Å². The van der Waals surface area contributed by atoms with E-state index in [0.29, 0.717) is 41.7 Å². The van der Waals surface area contributed by atoms with Crippen LogP contribution in [0.1, 0.15) is 32.1 Å². The Morgan fingerprint density at radius 1 is 1.14 bits per heavy atom. The molecule has 0 atom stereocenters. The van der Waals surface area contributed by atoms with Gasteiger partial charge in [0.1, 0.15) is 13.2 Å². The van der Waals surface area contributed by atoms with E-state index in [1.165, 1.54) is 12.1 Å². The minimum atomic E-state index is -1.02. The third-order valence-corrected chi connectivity index (χ3v) is 4.51. The van der Waals surface area contributed by atoms with E-state index in [4.69, 9.17) is 14.6 Å². The maximum Gasteiger partial charge on any atom is 0.335 e. The zero-order valence-corrected chi connectivity index (χ0v) is 15.6. The van der Waals surface area contributed by atoms with Gasteiger partial charge in [-0.05, 0) is 36.8 Å². The molecule has 1 aromatic heterocycles. The van der Waals surface area contributed by atoms with E-state index in [0.717, 1.165) is 0 Å². The number of aromatic nitrogens is 3. The molecule has 29 heavy (non-hydrogen) atoms. The van der Waals surface area contributed by atoms with Crippen LogP contribution in [0.25, 0.3) is 5.69 Å². The molecule has 9 heteroatoms. The summed E-state index contributed by atoms with van der Waals surface area (Å²) in [6, 6.07) is 11.8. The highest BCUT2D eigenvalue weighted by Crippen LogP contribution is 2.32. The second kappa shape index (κ2) is 7.63. The maximum absolute atomic E-state index is 12.5. The van der Waals surface area contributed by atoms with Crippen LogP contribution in [0.5, 0.6) is 11.5 Å². The van der Waals surface area contributed by atoms with Crippen LogP contribution in [0.2, 0.25) is 0 Å². The highest BCUT2D eigenvalue weighted by molar-refractivity contribution is 5.93. The molecule has 4 rings (SSSR count). The van der Waals surface area contributed by atoms with Crippen molar-refractivity contribution in [1.82, 2.24) is 20.3 Å². The van der Waals surface area contributed by atoms with Gasteiger partial charge in [-0.1, -0.05) is 17.3 Å². The third kappa shape index (κ3) is 3.75. The summed E-state index contributed by atoms with van der Waals surface area (Å²) < 4.78 is 12.7. The Morgan fingerprint density at radius 2 is 1.93 bits per heavy atom. The minimum absolute atomic E-state index is 0.164. The summed E-state index contributed by atoms with van der Waals surface area (Å²) in [6.45, 7) is 2.91. The first-order valence-electron chi connectivity index (χ1n) is 8.95. The standard InChI is InChI=1S/C20H18N4O5/c1-12-18(19(25)21-11-13-3-2-4-14(9-13)20(26)27)22-23-24(12)15-5-6-16-17(10-15)29-8-7-28-16/h2-6,9-10H,7-8,11H2,1H3,(H,21,25)(H,26,27). The predicted octanol–water partition coefficient (Wildman–Crippen LogP) is 1.98. The molecule has 2 heterocycles. The van der Waals surface area contributed by atoms with Gasteiger partial charge in [-0.3, -0.25) is 4.79 Å². The van der Waals surface area contributed by atoms with E-state index in [-0.39, 0.29) is 17.8 Å². The third-order valence-electron chi connectivity index (χ3n) is 4.51. The molecule has 0 fully saturated rings. The molecule has 3 aromatic rings. The average Bonchev–Trinajstić information content (AvgIpc) is 3.13. The number of benzene rings is 2. The summed E-state index contributed by atoms with van der Waals surface area (Å²) in [5.74, 6) is -0.129. The zero-order valence-electron chi connectivity index (χ0n) is 15.6. The fraction of sp³-hybridized carbons (Fsp3) is 0.200. The van der Waals surface area contributed by atoms with Gasteiger partial charge in [0.15, 0.2) is 17.2 Å². The number of nitrogens with one attached hydrogen (secondary N) is 1. The number of ether oxygens (including phenoxy) is 2. The Bertz CT molecular complexity index is 1090. The van der Waals surface area contributed by atoms with Crippen molar-refractivity contribution in [3.05, 3.63) is 65.0 Å². The van der Waals surface area contributed by atoms with Crippen LogP contribution in [0, 0.1) is 6.92 Å². The van der Waals surface area contributed by atoms with Gasteiger partial charge in [0.25, 0.3) is 5.91 Å². The summed E-state index contributed by atoms with van der Waals surface area (Å²) in [5, 5.41) is 19.9. The number of aromatic carboxylic acids is 1. The first kappa shape index (κ1) is 18.5. The number of rotatable bonds is 5. The number of hydrogen-bond acceptors (Lipinski definition) is 6. The quantitative estimate of drug-likeness (QED) is 0.680. The summed E-state index contributed by atoms with van der Waals surface area (Å²) in [5.41, 5.74) is 2.30. The van der Waals surface area contributed by atoms with Gasteiger partial charge in [-0.25, -0.2) is 9.48 Å². The molecule has 0 unspecified atom stereocenters. The lowest BCUT2D eigenvalue weighted by Gasteiger charge is -2.18. The number of carbonyl (C=O) groups is 2. The average molecular weight is 394 g/mol. The van der Waals surface area contributed by atoms with Crippen molar-refractivity contribution in [2.45, 2.75) is 13.5 Å². The molecule has 1 amide bonds. The maximum atomic E-state index is 12.5. The first-order chi connectivity index (χ1) is 14.0. The predicted molar refractivity (Wildman–Crippen MR) is 102 cm³/mol. The topological polar surface area (TPSA) is 116 Å². The summed E-state index contributed by atoms with van der Waals surface area (Å²) in [4.78, 5) is 23.6. The van der Waals surface area contributed by atoms with Gasteiger partial charge in [-0.2, -0.15) is 0 Å². The number of nitrogens with zero attached hydrogens (tertiary/aromatic N) is 3. The largest absolute Gasteiger partial charge is 0.486 e. The van der Waals surface area contributed by atoms with Crippen molar-refractivity contribution < 1.29 is 24.2 Å². The molecular formula is C20H18N4O5. The van der Waals surface area contributed by atoms with Crippen LogP contribution in [0.4, 0.5) is 0 Å². The lowest BCUT2D eigenvalue weighted by atomic mass is 10.1. The molecule has 148 valence electrons. The number of amides is 1. The molecule has 1 aliphatic rings. The SMILES string of the molecule is Cc1c(C(=O)NCc2cccc(C(=O)O)c2)nnn1-c1ccc2c(c1)OCCO2. The molecule has 0 spiro atoms. The molecular weight excluding hydrogens is 376 g/mol. The molecule has 1 aliphatic heterocycles.